The molecule has 1 aromatic heterocycles. The van der Waals surface area contributed by atoms with Gasteiger partial charge in [-0.15, -0.1) is 0 Å². The van der Waals surface area contributed by atoms with E-state index in [1.807, 2.05) is 42.5 Å². The Morgan fingerprint density at radius 1 is 1.05 bits per heavy atom. The van der Waals surface area contributed by atoms with Gasteiger partial charge in [-0.3, -0.25) is 5.10 Å². The fourth-order valence-corrected chi connectivity index (χ4v) is 5.41. The van der Waals surface area contributed by atoms with Crippen molar-refractivity contribution in [3.8, 4) is 5.75 Å². The maximum absolute atomic E-state index is 13.0. The van der Waals surface area contributed by atoms with Crippen molar-refractivity contribution in [3.05, 3.63) is 77.4 Å². The summed E-state index contributed by atoms with van der Waals surface area (Å²) in [6.45, 7) is 6.74. The van der Waals surface area contributed by atoms with E-state index in [1.54, 1.807) is 19.2 Å². The van der Waals surface area contributed by atoms with E-state index >= 15 is 0 Å². The van der Waals surface area contributed by atoms with Crippen molar-refractivity contribution in [2.45, 2.75) is 52.3 Å². The Hall–Kier alpha value is -3.48. The summed E-state index contributed by atoms with van der Waals surface area (Å²) in [5.41, 5.74) is 1.91. The highest BCUT2D eigenvalue weighted by atomic mass is 32.2. The van der Waals surface area contributed by atoms with Gasteiger partial charge in [0.25, 0.3) is 0 Å². The van der Waals surface area contributed by atoms with Crippen LogP contribution in [-0.4, -0.2) is 67.1 Å². The number of carbonyl (C=O) groups is 1. The largest absolute Gasteiger partial charge is 0.497 e. The number of nitrogens with one attached hydrogen (secondary N) is 3. The Morgan fingerprint density at radius 3 is 2.45 bits per heavy atom. The predicted molar refractivity (Wildman–Crippen MR) is 153 cm³/mol. The van der Waals surface area contributed by atoms with Crippen LogP contribution in [0.1, 0.15) is 55.5 Å². The van der Waals surface area contributed by atoms with Crippen LogP contribution in [-0.2, 0) is 34.3 Å². The molecule has 1 heterocycles. The highest BCUT2D eigenvalue weighted by molar-refractivity contribution is 7.89. The fraction of sp³-hybridized carbons (Fsp3) is 0.464. The monoisotopic (exact) mass is 572 g/mol. The Bertz CT molecular complexity index is 1260. The van der Waals surface area contributed by atoms with Crippen LogP contribution in [0.3, 0.4) is 0 Å². The Morgan fingerprint density at radius 2 is 1.77 bits per heavy atom. The van der Waals surface area contributed by atoms with Gasteiger partial charge in [-0.1, -0.05) is 56.3 Å². The molecule has 0 aliphatic rings. The van der Waals surface area contributed by atoms with Gasteiger partial charge in [-0.25, -0.2) is 22.9 Å². The minimum Gasteiger partial charge on any atom is -0.497 e. The number of aryl methyl sites for hydroxylation is 1. The third kappa shape index (κ3) is 10.6. The summed E-state index contributed by atoms with van der Waals surface area (Å²) >= 11 is 0. The van der Waals surface area contributed by atoms with E-state index in [1.165, 1.54) is 0 Å². The molecule has 218 valence electrons. The number of nitrogens with zero attached hydrogens (tertiary/aromatic N) is 3. The van der Waals surface area contributed by atoms with Crippen molar-refractivity contribution in [1.82, 2.24) is 30.1 Å². The molecule has 3 N–H and O–H groups in total. The van der Waals surface area contributed by atoms with E-state index in [9.17, 15) is 13.2 Å². The number of carbonyl (C=O) groups excluding carboxylic acids is 1. The SMILES string of the molecule is CCN(CC)CCCS(=O)(=O)N[C@H](CCc1ccccc1)c1nc(CNC(=O)OCc2ccc(OC)cc2)n[nH]1. The Labute approximate surface area is 236 Å². The van der Waals surface area contributed by atoms with E-state index in [4.69, 9.17) is 9.47 Å². The minimum atomic E-state index is -3.56. The zero-order valence-corrected chi connectivity index (χ0v) is 24.2. The standard InChI is InChI=1S/C28H40N6O5S/c1-4-34(5-2)18-9-19-40(36,37)33-25(17-14-22-10-7-6-8-11-22)27-30-26(31-32-27)20-29-28(35)39-21-23-12-15-24(38-3)16-13-23/h6-8,10-13,15-16,25,33H,4-5,9,14,17-21H2,1-3H3,(H,29,35)(H,30,31,32)/t25-/m1/s1. The second kappa shape index (κ2) is 15.9. The number of amides is 1. The lowest BCUT2D eigenvalue weighted by Gasteiger charge is -2.19. The number of methoxy groups -OCH3 is 1. The molecule has 0 bridgehead atoms. The molecule has 3 aromatic rings. The highest BCUT2D eigenvalue weighted by Crippen LogP contribution is 2.18. The molecule has 0 fully saturated rings. The van der Waals surface area contributed by atoms with E-state index < -0.39 is 22.2 Å². The number of alkyl carbamates (subject to hydrolysis) is 1. The van der Waals surface area contributed by atoms with Gasteiger partial charge in [0.05, 0.1) is 25.4 Å². The molecular weight excluding hydrogens is 532 g/mol. The number of ether oxygens (including phenoxy) is 2. The van der Waals surface area contributed by atoms with Gasteiger partial charge in [0.2, 0.25) is 10.0 Å². The van der Waals surface area contributed by atoms with E-state index in [0.29, 0.717) is 30.9 Å². The Kier molecular flexibility index (Phi) is 12.4. The molecule has 0 saturated heterocycles. The quantitative estimate of drug-likeness (QED) is 0.223. The molecule has 11 nitrogen and oxygen atoms in total. The summed E-state index contributed by atoms with van der Waals surface area (Å²) in [6, 6.07) is 16.5. The lowest BCUT2D eigenvalue weighted by molar-refractivity contribution is 0.139. The molecule has 3 rings (SSSR count). The normalized spacial score (nSPS) is 12.3. The second-order valence-electron chi connectivity index (χ2n) is 9.31. The maximum Gasteiger partial charge on any atom is 0.407 e. The molecule has 1 amide bonds. The van der Waals surface area contributed by atoms with Crippen molar-refractivity contribution in [2.75, 3.05) is 32.5 Å². The van der Waals surface area contributed by atoms with Crippen molar-refractivity contribution in [1.29, 1.82) is 0 Å². The van der Waals surface area contributed by atoms with Crippen LogP contribution in [0, 0.1) is 0 Å². The first-order chi connectivity index (χ1) is 19.3. The van der Waals surface area contributed by atoms with Gasteiger partial charge in [0, 0.05) is 0 Å². The molecule has 0 saturated carbocycles. The maximum atomic E-state index is 13.0. The summed E-state index contributed by atoms with van der Waals surface area (Å²) in [4.78, 5) is 18.8. The number of aromatic nitrogens is 3. The molecule has 0 radical (unpaired) electrons. The molecule has 40 heavy (non-hydrogen) atoms. The minimum absolute atomic E-state index is 0.0217. The smallest absolute Gasteiger partial charge is 0.407 e. The van der Waals surface area contributed by atoms with Gasteiger partial charge in [0.1, 0.15) is 18.2 Å². The number of rotatable bonds is 17. The van der Waals surface area contributed by atoms with Crippen molar-refractivity contribution in [2.24, 2.45) is 0 Å². The number of benzene rings is 2. The van der Waals surface area contributed by atoms with Crippen LogP contribution in [0.2, 0.25) is 0 Å². The molecule has 0 spiro atoms. The third-order valence-electron chi connectivity index (χ3n) is 6.47. The van der Waals surface area contributed by atoms with E-state index in [2.05, 4.69) is 44.0 Å². The lowest BCUT2D eigenvalue weighted by Crippen LogP contribution is -2.33. The zero-order chi connectivity index (χ0) is 28.8. The van der Waals surface area contributed by atoms with Gasteiger partial charge < -0.3 is 19.7 Å². The molecule has 2 aromatic carbocycles. The number of hydrogen-bond donors (Lipinski definition) is 3. The van der Waals surface area contributed by atoms with Gasteiger partial charge in [0.15, 0.2) is 5.82 Å². The van der Waals surface area contributed by atoms with E-state index in [0.717, 1.165) is 36.5 Å². The average molecular weight is 573 g/mol. The lowest BCUT2D eigenvalue weighted by atomic mass is 10.1. The van der Waals surface area contributed by atoms with Gasteiger partial charge in [-0.05, 0) is 62.2 Å². The number of hydrogen-bond acceptors (Lipinski definition) is 8. The topological polar surface area (TPSA) is 139 Å². The fourth-order valence-electron chi connectivity index (χ4n) is 4.12. The van der Waals surface area contributed by atoms with Crippen molar-refractivity contribution in [3.63, 3.8) is 0 Å². The highest BCUT2D eigenvalue weighted by Gasteiger charge is 2.23. The third-order valence-corrected chi connectivity index (χ3v) is 7.94. The average Bonchev–Trinajstić information content (AvgIpc) is 3.45. The van der Waals surface area contributed by atoms with Crippen molar-refractivity contribution >= 4 is 16.1 Å². The summed E-state index contributed by atoms with van der Waals surface area (Å²) < 4.78 is 39.1. The summed E-state index contributed by atoms with van der Waals surface area (Å²) in [7, 11) is -1.98. The molecule has 12 heteroatoms. The van der Waals surface area contributed by atoms with Crippen LogP contribution in [0.5, 0.6) is 5.75 Å². The van der Waals surface area contributed by atoms with Crippen LogP contribution in [0.15, 0.2) is 54.6 Å². The van der Waals surface area contributed by atoms with Gasteiger partial charge >= 0.3 is 6.09 Å². The molecule has 1 atom stereocenters. The van der Waals surface area contributed by atoms with Crippen LogP contribution in [0.4, 0.5) is 4.79 Å². The van der Waals surface area contributed by atoms with E-state index in [-0.39, 0.29) is 18.9 Å². The van der Waals surface area contributed by atoms with Crippen LogP contribution < -0.4 is 14.8 Å². The molecule has 0 aliphatic heterocycles. The molecular formula is C28H40N6O5S. The van der Waals surface area contributed by atoms with Crippen molar-refractivity contribution < 1.29 is 22.7 Å². The number of aromatic amines is 1. The number of sulfonamides is 1. The zero-order valence-electron chi connectivity index (χ0n) is 23.4. The predicted octanol–water partition coefficient (Wildman–Crippen LogP) is 3.56. The first-order valence-corrected chi connectivity index (χ1v) is 15.2. The molecule has 0 aliphatic carbocycles. The van der Waals surface area contributed by atoms with Gasteiger partial charge in [-0.2, -0.15) is 5.10 Å². The van der Waals surface area contributed by atoms with Crippen LogP contribution >= 0.6 is 0 Å². The first-order valence-electron chi connectivity index (χ1n) is 13.5. The summed E-state index contributed by atoms with van der Waals surface area (Å²) in [5.74, 6) is 1.46. The summed E-state index contributed by atoms with van der Waals surface area (Å²) in [6.07, 6.45) is 1.06. The summed E-state index contributed by atoms with van der Waals surface area (Å²) in [5, 5.41) is 9.65. The first kappa shape index (κ1) is 31.1. The van der Waals surface area contributed by atoms with Crippen LogP contribution in [0.25, 0.3) is 0 Å². The number of H-pyrrole nitrogens is 1. The second-order valence-corrected chi connectivity index (χ2v) is 11.2. The Balaban J connectivity index is 1.58. The molecule has 0 unspecified atom stereocenters.